The largest absolute Gasteiger partial charge is 0.507 e. The predicted molar refractivity (Wildman–Crippen MR) is 120 cm³/mol. The van der Waals surface area contributed by atoms with Crippen molar-refractivity contribution in [1.82, 2.24) is 4.90 Å². The number of hydrogen-bond acceptors (Lipinski definition) is 5. The molecule has 160 valence electrons. The van der Waals surface area contributed by atoms with E-state index in [0.717, 1.165) is 22.6 Å². The third-order valence-electron chi connectivity index (χ3n) is 5.18. The Kier molecular flexibility index (Phi) is 6.36. The van der Waals surface area contributed by atoms with Crippen molar-refractivity contribution >= 4 is 28.8 Å². The van der Waals surface area contributed by atoms with Crippen molar-refractivity contribution in [3.05, 3.63) is 57.3 Å². The summed E-state index contributed by atoms with van der Waals surface area (Å²) in [6.07, 6.45) is 0.728. The minimum atomic E-state index is -0.634. The Morgan fingerprint density at radius 3 is 2.50 bits per heavy atom. The second kappa shape index (κ2) is 8.64. The second-order valence-electron chi connectivity index (χ2n) is 8.40. The summed E-state index contributed by atoms with van der Waals surface area (Å²) in [5.41, 5.74) is 1.38. The van der Waals surface area contributed by atoms with Gasteiger partial charge in [-0.25, -0.2) is 0 Å². The number of thiophene rings is 1. The van der Waals surface area contributed by atoms with Crippen molar-refractivity contribution < 1.29 is 19.4 Å². The summed E-state index contributed by atoms with van der Waals surface area (Å²) < 4.78 is 5.77. The van der Waals surface area contributed by atoms with Crippen molar-refractivity contribution in [1.29, 1.82) is 0 Å². The average molecular weight is 428 g/mol. The van der Waals surface area contributed by atoms with Gasteiger partial charge in [-0.15, -0.1) is 11.3 Å². The topological polar surface area (TPSA) is 66.8 Å². The van der Waals surface area contributed by atoms with E-state index in [-0.39, 0.29) is 16.7 Å². The number of carbonyl (C=O) groups excluding carboxylic acids is 2. The number of amides is 1. The lowest BCUT2D eigenvalue weighted by Crippen LogP contribution is -2.30. The monoisotopic (exact) mass is 427 g/mol. The number of aliphatic hydroxyl groups excluding tert-OH is 1. The van der Waals surface area contributed by atoms with E-state index >= 15 is 0 Å². The van der Waals surface area contributed by atoms with E-state index in [2.05, 4.69) is 20.8 Å². The van der Waals surface area contributed by atoms with E-state index in [9.17, 15) is 14.7 Å². The molecular formula is C24H29NO4S. The highest BCUT2D eigenvalue weighted by atomic mass is 32.1. The molecule has 2 aromatic rings. The predicted octanol–water partition coefficient (Wildman–Crippen LogP) is 5.28. The van der Waals surface area contributed by atoms with Crippen LogP contribution in [-0.4, -0.2) is 34.8 Å². The zero-order valence-corrected chi connectivity index (χ0v) is 19.0. The molecule has 1 aromatic heterocycles. The van der Waals surface area contributed by atoms with Gasteiger partial charge < -0.3 is 14.7 Å². The molecule has 1 unspecified atom stereocenters. The van der Waals surface area contributed by atoms with Gasteiger partial charge in [-0.2, -0.15) is 0 Å². The smallest absolute Gasteiger partial charge is 0.295 e. The van der Waals surface area contributed by atoms with Gasteiger partial charge in [0.2, 0.25) is 0 Å². The van der Waals surface area contributed by atoms with Crippen LogP contribution in [0.25, 0.3) is 5.76 Å². The van der Waals surface area contributed by atoms with Gasteiger partial charge in [0.15, 0.2) is 0 Å². The van der Waals surface area contributed by atoms with E-state index in [1.165, 1.54) is 11.3 Å². The highest BCUT2D eigenvalue weighted by Crippen LogP contribution is 2.42. The first kappa shape index (κ1) is 22.1. The fourth-order valence-corrected chi connectivity index (χ4v) is 4.64. The van der Waals surface area contributed by atoms with Gasteiger partial charge in [0.25, 0.3) is 11.7 Å². The molecule has 1 aliphatic heterocycles. The molecule has 2 heterocycles. The summed E-state index contributed by atoms with van der Waals surface area (Å²) in [7, 11) is 0. The molecule has 0 spiro atoms. The minimum absolute atomic E-state index is 0.140. The van der Waals surface area contributed by atoms with E-state index in [1.807, 2.05) is 43.5 Å². The van der Waals surface area contributed by atoms with Gasteiger partial charge in [-0.1, -0.05) is 33.8 Å². The van der Waals surface area contributed by atoms with Gasteiger partial charge in [-0.3, -0.25) is 9.59 Å². The van der Waals surface area contributed by atoms with Gasteiger partial charge in [-0.05, 0) is 48.4 Å². The summed E-state index contributed by atoms with van der Waals surface area (Å²) in [6, 6.07) is 8.65. The standard InChI is InChI=1S/C24H29NO4S/c1-6-12-25-20(18-9-8-13-30-18)19(22(27)23(25)28)21(26)15-10-11-17(29-7-2)16(14-15)24(3,4)5/h8-11,13-14,20,26H,6-7,12H2,1-5H3/b21-19-. The molecule has 1 fully saturated rings. The normalized spacial score (nSPS) is 18.8. The molecule has 6 heteroatoms. The molecule has 1 N–H and O–H groups in total. The Hall–Kier alpha value is -2.60. The quantitative estimate of drug-likeness (QED) is 0.387. The van der Waals surface area contributed by atoms with Crippen LogP contribution in [0.5, 0.6) is 5.75 Å². The maximum absolute atomic E-state index is 12.9. The van der Waals surface area contributed by atoms with Crippen LogP contribution >= 0.6 is 11.3 Å². The van der Waals surface area contributed by atoms with Crippen molar-refractivity contribution in [3.8, 4) is 5.75 Å². The zero-order chi connectivity index (χ0) is 22.1. The number of ether oxygens (including phenoxy) is 1. The van der Waals surface area contributed by atoms with Crippen molar-refractivity contribution in [3.63, 3.8) is 0 Å². The molecule has 30 heavy (non-hydrogen) atoms. The summed E-state index contributed by atoms with van der Waals surface area (Å²) in [5.74, 6) is -0.578. The first-order chi connectivity index (χ1) is 14.2. The number of nitrogens with zero attached hydrogens (tertiary/aromatic N) is 1. The molecule has 1 saturated heterocycles. The number of hydrogen-bond donors (Lipinski definition) is 1. The fraction of sp³-hybridized carbons (Fsp3) is 0.417. The van der Waals surface area contributed by atoms with Crippen LogP contribution in [-0.2, 0) is 15.0 Å². The number of Topliss-reactive ketones (excluding diaryl/α,β-unsaturated/α-hetero) is 1. The molecule has 1 amide bonds. The summed E-state index contributed by atoms with van der Waals surface area (Å²) in [4.78, 5) is 28.1. The van der Waals surface area contributed by atoms with E-state index in [1.54, 1.807) is 11.0 Å². The summed E-state index contributed by atoms with van der Waals surface area (Å²) in [6.45, 7) is 11.1. The summed E-state index contributed by atoms with van der Waals surface area (Å²) >= 11 is 1.48. The lowest BCUT2D eigenvalue weighted by atomic mass is 9.84. The lowest BCUT2D eigenvalue weighted by molar-refractivity contribution is -0.139. The van der Waals surface area contributed by atoms with Crippen LogP contribution < -0.4 is 4.74 Å². The van der Waals surface area contributed by atoms with Crippen LogP contribution in [0.4, 0.5) is 0 Å². The Morgan fingerprint density at radius 2 is 1.93 bits per heavy atom. The first-order valence-electron chi connectivity index (χ1n) is 10.3. The number of aliphatic hydroxyl groups is 1. The highest BCUT2D eigenvalue weighted by molar-refractivity contribution is 7.10. The molecule has 3 rings (SSSR count). The van der Waals surface area contributed by atoms with E-state index in [0.29, 0.717) is 18.7 Å². The number of rotatable bonds is 6. The average Bonchev–Trinajstić information content (AvgIpc) is 3.30. The zero-order valence-electron chi connectivity index (χ0n) is 18.2. The molecule has 1 aliphatic rings. The minimum Gasteiger partial charge on any atom is -0.507 e. The van der Waals surface area contributed by atoms with Crippen LogP contribution in [0, 0.1) is 0 Å². The van der Waals surface area contributed by atoms with Gasteiger partial charge >= 0.3 is 0 Å². The molecule has 5 nitrogen and oxygen atoms in total. The number of benzene rings is 1. The molecule has 0 bridgehead atoms. The third-order valence-corrected chi connectivity index (χ3v) is 6.10. The molecule has 1 atom stereocenters. The molecule has 0 saturated carbocycles. The lowest BCUT2D eigenvalue weighted by Gasteiger charge is -2.25. The molecule has 0 radical (unpaired) electrons. The van der Waals surface area contributed by atoms with Crippen LogP contribution in [0.3, 0.4) is 0 Å². The Bertz CT molecular complexity index is 970. The van der Waals surface area contributed by atoms with Crippen molar-refractivity contribution in [2.45, 2.75) is 52.5 Å². The van der Waals surface area contributed by atoms with Crippen LogP contribution in [0.15, 0.2) is 41.3 Å². The van der Waals surface area contributed by atoms with Gasteiger partial charge in [0, 0.05) is 22.5 Å². The SMILES string of the molecule is CCCN1C(=O)C(=O)/C(=C(\O)c2ccc(OCC)c(C(C)(C)C)c2)C1c1cccs1. The Morgan fingerprint density at radius 1 is 1.20 bits per heavy atom. The summed E-state index contributed by atoms with van der Waals surface area (Å²) in [5, 5.41) is 13.1. The van der Waals surface area contributed by atoms with Gasteiger partial charge in [0.1, 0.15) is 11.5 Å². The first-order valence-corrected chi connectivity index (χ1v) is 11.2. The van der Waals surface area contributed by atoms with Crippen LogP contribution in [0.1, 0.15) is 63.1 Å². The third kappa shape index (κ3) is 4.01. The highest BCUT2D eigenvalue weighted by Gasteiger charge is 2.46. The molecule has 0 aliphatic carbocycles. The van der Waals surface area contributed by atoms with E-state index in [4.69, 9.17) is 4.74 Å². The molecular weight excluding hydrogens is 398 g/mol. The maximum Gasteiger partial charge on any atom is 0.295 e. The van der Waals surface area contributed by atoms with Crippen LogP contribution in [0.2, 0.25) is 0 Å². The number of ketones is 1. The van der Waals surface area contributed by atoms with E-state index < -0.39 is 17.7 Å². The number of likely N-dealkylation sites (tertiary alicyclic amines) is 1. The Labute approximate surface area is 182 Å². The fourth-order valence-electron chi connectivity index (χ4n) is 3.79. The van der Waals surface area contributed by atoms with Crippen molar-refractivity contribution in [2.75, 3.05) is 13.2 Å². The number of carbonyl (C=O) groups is 2. The molecule has 1 aromatic carbocycles. The Balaban J connectivity index is 2.18. The second-order valence-corrected chi connectivity index (χ2v) is 9.38. The van der Waals surface area contributed by atoms with Gasteiger partial charge in [0.05, 0.1) is 18.2 Å². The van der Waals surface area contributed by atoms with Crippen molar-refractivity contribution in [2.24, 2.45) is 0 Å². The maximum atomic E-state index is 12.9.